The van der Waals surface area contributed by atoms with Gasteiger partial charge in [-0.15, -0.1) is 0 Å². The van der Waals surface area contributed by atoms with E-state index in [4.69, 9.17) is 0 Å². The highest BCUT2D eigenvalue weighted by Crippen LogP contribution is 2.05. The summed E-state index contributed by atoms with van der Waals surface area (Å²) in [5, 5.41) is 6.50. The highest BCUT2D eigenvalue weighted by molar-refractivity contribution is 6.72. The van der Waals surface area contributed by atoms with Gasteiger partial charge in [0.15, 0.2) is 6.73 Å². The van der Waals surface area contributed by atoms with Crippen LogP contribution in [0.4, 0.5) is 12.9 Å². The van der Waals surface area contributed by atoms with E-state index in [1.165, 1.54) is 7.11 Å². The molecule has 0 amide bonds. The van der Waals surface area contributed by atoms with E-state index in [1.54, 1.807) is 0 Å². The Balaban J connectivity index is 2.77. The summed E-state index contributed by atoms with van der Waals surface area (Å²) < 4.78 is 40.4. The second kappa shape index (κ2) is 3.14. The number of rotatable bonds is 3. The van der Waals surface area contributed by atoms with E-state index in [1.807, 2.05) is 0 Å². The van der Waals surface area contributed by atoms with Crippen molar-refractivity contribution in [2.24, 2.45) is 0 Å². The lowest BCUT2D eigenvalue weighted by atomic mass is 9.87. The zero-order valence-electron chi connectivity index (χ0n) is 6.25. The molecule has 0 fully saturated rings. The molecule has 0 saturated heterocycles. The van der Waals surface area contributed by atoms with Crippen LogP contribution in [0.1, 0.15) is 0 Å². The van der Waals surface area contributed by atoms with Gasteiger partial charge in [0.2, 0.25) is 0 Å². The number of nitrogens with zero attached hydrogens (tertiary/aromatic N) is 3. The van der Waals surface area contributed by atoms with Crippen LogP contribution in [0.25, 0.3) is 0 Å². The van der Waals surface area contributed by atoms with Crippen LogP contribution in [-0.2, 0) is 11.5 Å². The molecule has 0 aliphatic carbocycles. The molecule has 1 aromatic rings. The van der Waals surface area contributed by atoms with Crippen molar-refractivity contribution in [1.29, 1.82) is 0 Å². The lowest BCUT2D eigenvalue weighted by Gasteiger charge is -2.08. The minimum absolute atomic E-state index is 0.0772. The molecule has 0 aromatic carbocycles. The van der Waals surface area contributed by atoms with Crippen LogP contribution in [0, 0.1) is 0 Å². The minimum Gasteiger partial charge on any atom is -0.444 e. The Hall–Kier alpha value is -1.05. The summed E-state index contributed by atoms with van der Waals surface area (Å²) in [5.74, 6) is 0. The van der Waals surface area contributed by atoms with Crippen molar-refractivity contribution < 1.29 is 17.7 Å². The third kappa shape index (κ3) is 1.97. The normalized spacial score (nSPS) is 12.0. The van der Waals surface area contributed by atoms with Gasteiger partial charge in [-0.05, 0) is 0 Å². The second-order valence-electron chi connectivity index (χ2n) is 2.13. The molecule has 8 heteroatoms. The average molecular weight is 180 g/mol. The van der Waals surface area contributed by atoms with Crippen molar-refractivity contribution in [2.45, 2.75) is 6.73 Å². The van der Waals surface area contributed by atoms with Crippen LogP contribution in [0.3, 0.4) is 0 Å². The number of ether oxygens (including phenoxy) is 1. The Bertz CT molecular complexity index is 260. The molecule has 1 heterocycles. The van der Waals surface area contributed by atoms with E-state index >= 15 is 0 Å². The SMILES string of the molecule is COCn1ncc([B-](F)(F)F)n1. The fourth-order valence-corrected chi connectivity index (χ4v) is 0.638. The van der Waals surface area contributed by atoms with Crippen molar-refractivity contribution in [3.8, 4) is 0 Å². The lowest BCUT2D eigenvalue weighted by molar-refractivity contribution is 0.108. The summed E-state index contributed by atoms with van der Waals surface area (Å²) in [5.41, 5.74) is -0.952. The van der Waals surface area contributed by atoms with E-state index in [0.717, 1.165) is 4.80 Å². The summed E-state index contributed by atoms with van der Waals surface area (Å²) in [6.45, 7) is -5.12. The zero-order chi connectivity index (χ0) is 9.19. The van der Waals surface area contributed by atoms with Crippen molar-refractivity contribution in [2.75, 3.05) is 7.11 Å². The Morgan fingerprint density at radius 3 is 2.67 bits per heavy atom. The molecule has 4 nitrogen and oxygen atoms in total. The van der Waals surface area contributed by atoms with Gasteiger partial charge in [-0.1, -0.05) is 0 Å². The molecule has 0 unspecified atom stereocenters. The third-order valence-electron chi connectivity index (χ3n) is 1.13. The van der Waals surface area contributed by atoms with Gasteiger partial charge in [0.25, 0.3) is 0 Å². The van der Waals surface area contributed by atoms with Crippen LogP contribution in [-0.4, -0.2) is 29.1 Å². The largest absolute Gasteiger partial charge is 0.531 e. The molecule has 0 saturated carbocycles. The van der Waals surface area contributed by atoms with Crippen molar-refractivity contribution in [3.05, 3.63) is 6.20 Å². The number of methoxy groups -OCH3 is 1. The fourth-order valence-electron chi connectivity index (χ4n) is 0.638. The molecule has 12 heavy (non-hydrogen) atoms. The molecular weight excluding hydrogens is 174 g/mol. The van der Waals surface area contributed by atoms with Crippen LogP contribution < -0.4 is 5.59 Å². The van der Waals surface area contributed by atoms with Crippen molar-refractivity contribution >= 4 is 12.6 Å². The maximum absolute atomic E-state index is 11.9. The molecule has 0 aliphatic heterocycles. The maximum atomic E-state index is 11.9. The summed E-state index contributed by atoms with van der Waals surface area (Å²) >= 11 is 0. The van der Waals surface area contributed by atoms with E-state index < -0.39 is 12.6 Å². The highest BCUT2D eigenvalue weighted by atomic mass is 19.4. The fraction of sp³-hybridized carbons (Fsp3) is 0.500. The number of hydrogen-bond acceptors (Lipinski definition) is 3. The molecule has 1 aromatic heterocycles. The molecule has 68 valence electrons. The van der Waals surface area contributed by atoms with Crippen LogP contribution in [0.5, 0.6) is 0 Å². The first-order valence-electron chi connectivity index (χ1n) is 3.13. The number of halogens is 3. The van der Waals surface area contributed by atoms with Crippen molar-refractivity contribution in [3.63, 3.8) is 0 Å². The number of aromatic nitrogens is 3. The maximum Gasteiger partial charge on any atom is 0.531 e. The molecule has 0 bridgehead atoms. The molecular formula is C4H6BF3N3O-. The van der Waals surface area contributed by atoms with E-state index in [2.05, 4.69) is 14.9 Å². The Morgan fingerprint density at radius 1 is 1.58 bits per heavy atom. The van der Waals surface area contributed by atoms with Gasteiger partial charge in [-0.2, -0.15) is 15.0 Å². The lowest BCUT2D eigenvalue weighted by Crippen LogP contribution is -2.35. The van der Waals surface area contributed by atoms with E-state index in [0.29, 0.717) is 6.20 Å². The van der Waals surface area contributed by atoms with E-state index in [9.17, 15) is 12.9 Å². The van der Waals surface area contributed by atoms with Gasteiger partial charge < -0.3 is 17.7 Å². The molecule has 1 rings (SSSR count). The molecule has 0 N–H and O–H groups in total. The van der Waals surface area contributed by atoms with Crippen molar-refractivity contribution in [1.82, 2.24) is 15.0 Å². The summed E-state index contributed by atoms with van der Waals surface area (Å²) in [4.78, 5) is 0.838. The topological polar surface area (TPSA) is 39.9 Å². The Morgan fingerprint density at radius 2 is 2.25 bits per heavy atom. The summed E-state index contributed by atoms with van der Waals surface area (Å²) in [6, 6.07) is 0. The first-order valence-corrected chi connectivity index (χ1v) is 3.13. The predicted octanol–water partition coefficient (Wildman–Crippen LogP) is -0.0636. The smallest absolute Gasteiger partial charge is 0.444 e. The minimum atomic E-state index is -5.05. The second-order valence-corrected chi connectivity index (χ2v) is 2.13. The van der Waals surface area contributed by atoms with Crippen LogP contribution >= 0.6 is 0 Å². The summed E-state index contributed by atoms with van der Waals surface area (Å²) in [6.07, 6.45) is 0.680. The van der Waals surface area contributed by atoms with Gasteiger partial charge in [0.1, 0.15) is 0 Å². The quantitative estimate of drug-likeness (QED) is 0.611. The van der Waals surface area contributed by atoms with Crippen LogP contribution in [0.15, 0.2) is 6.20 Å². The van der Waals surface area contributed by atoms with Gasteiger partial charge in [0.05, 0.1) is 0 Å². The van der Waals surface area contributed by atoms with Crippen LogP contribution in [0.2, 0.25) is 0 Å². The first-order chi connectivity index (χ1) is 5.54. The summed E-state index contributed by atoms with van der Waals surface area (Å²) in [7, 11) is 1.35. The first kappa shape index (κ1) is 9.05. The van der Waals surface area contributed by atoms with Gasteiger partial charge in [-0.3, -0.25) is 0 Å². The molecule has 0 radical (unpaired) electrons. The molecule has 0 spiro atoms. The molecule has 0 aliphatic rings. The average Bonchev–Trinajstić information content (AvgIpc) is 2.35. The third-order valence-corrected chi connectivity index (χ3v) is 1.13. The van der Waals surface area contributed by atoms with E-state index in [-0.39, 0.29) is 6.73 Å². The van der Waals surface area contributed by atoms with Gasteiger partial charge in [0, 0.05) is 18.9 Å². The number of hydrogen-bond donors (Lipinski definition) is 0. The van der Waals surface area contributed by atoms with Gasteiger partial charge >= 0.3 is 6.98 Å². The standard InChI is InChI=1S/C4H6BF3N3O/c1-12-3-11-9-2-4(10-11)5(6,7)8/h2H,3H2,1H3/q-1. The monoisotopic (exact) mass is 180 g/mol. The predicted molar refractivity (Wildman–Crippen MR) is 35.7 cm³/mol. The van der Waals surface area contributed by atoms with Gasteiger partial charge in [-0.25, -0.2) is 0 Å². The Kier molecular flexibility index (Phi) is 2.36. The zero-order valence-corrected chi connectivity index (χ0v) is 6.25. The molecule has 0 atom stereocenters. The highest BCUT2D eigenvalue weighted by Gasteiger charge is 2.29. The Labute approximate surface area is 66.4 Å².